The van der Waals surface area contributed by atoms with Crippen LogP contribution in [0.2, 0.25) is 0 Å². The van der Waals surface area contributed by atoms with Crippen molar-refractivity contribution in [2.24, 2.45) is 5.92 Å². The van der Waals surface area contributed by atoms with Crippen LogP contribution in [0.4, 0.5) is 0 Å². The number of benzene rings is 1. The summed E-state index contributed by atoms with van der Waals surface area (Å²) in [7, 11) is -1.32. The molecule has 0 aliphatic carbocycles. The van der Waals surface area contributed by atoms with E-state index in [-0.39, 0.29) is 10.8 Å². The third-order valence-electron chi connectivity index (χ3n) is 6.28. The molecular formula is C22H36N4O3S. The lowest BCUT2D eigenvalue weighted by molar-refractivity contribution is 0.0951. The van der Waals surface area contributed by atoms with Crippen molar-refractivity contribution in [3.63, 3.8) is 0 Å². The van der Waals surface area contributed by atoms with Gasteiger partial charge in [-0.1, -0.05) is 6.92 Å². The number of sulfonamides is 1. The van der Waals surface area contributed by atoms with Gasteiger partial charge in [0.2, 0.25) is 10.0 Å². The first-order valence-corrected chi connectivity index (χ1v) is 12.6. The van der Waals surface area contributed by atoms with Crippen molar-refractivity contribution in [3.8, 4) is 0 Å². The standard InChI is InChI=1S/C22H36N4O3S/c1-19-9-13-26(14-10-19)30(28,29)21-7-5-20(6-8-21)22(27)23-11-3-4-12-25-17-15-24(2)16-18-25/h5-8,19H,3-4,9-18H2,1-2H3,(H,23,27). The summed E-state index contributed by atoms with van der Waals surface area (Å²) >= 11 is 0. The van der Waals surface area contributed by atoms with Crippen LogP contribution in [-0.4, -0.2) is 87.8 Å². The molecule has 2 aliphatic heterocycles. The van der Waals surface area contributed by atoms with Gasteiger partial charge in [-0.2, -0.15) is 4.31 Å². The van der Waals surface area contributed by atoms with Gasteiger partial charge in [-0.25, -0.2) is 8.42 Å². The zero-order chi connectivity index (χ0) is 21.6. The fourth-order valence-corrected chi connectivity index (χ4v) is 5.46. The fourth-order valence-electron chi connectivity index (χ4n) is 3.99. The van der Waals surface area contributed by atoms with Crippen LogP contribution in [-0.2, 0) is 10.0 Å². The predicted octanol–water partition coefficient (Wildman–Crippen LogP) is 1.86. The van der Waals surface area contributed by atoms with Gasteiger partial charge in [0.25, 0.3) is 5.91 Å². The molecule has 0 radical (unpaired) electrons. The third kappa shape index (κ3) is 6.26. The minimum atomic E-state index is -3.47. The molecule has 2 saturated heterocycles. The molecule has 0 spiro atoms. The van der Waals surface area contributed by atoms with E-state index in [1.165, 1.54) is 0 Å². The Morgan fingerprint density at radius 3 is 2.27 bits per heavy atom. The molecule has 7 nitrogen and oxygen atoms in total. The lowest BCUT2D eigenvalue weighted by atomic mass is 10.0. The van der Waals surface area contributed by atoms with Gasteiger partial charge >= 0.3 is 0 Å². The molecule has 1 amide bonds. The van der Waals surface area contributed by atoms with Gasteiger partial charge in [-0.3, -0.25) is 4.79 Å². The van der Waals surface area contributed by atoms with E-state index in [0.717, 1.165) is 58.4 Å². The Kier molecular flexibility index (Phi) is 8.27. The van der Waals surface area contributed by atoms with Gasteiger partial charge in [-0.05, 0) is 69.5 Å². The number of carbonyl (C=O) groups is 1. The average Bonchev–Trinajstić information content (AvgIpc) is 2.75. The quantitative estimate of drug-likeness (QED) is 0.630. The first-order chi connectivity index (χ1) is 14.4. The number of amides is 1. The molecule has 0 atom stereocenters. The molecule has 1 aromatic carbocycles. The molecule has 0 bridgehead atoms. The van der Waals surface area contributed by atoms with E-state index in [4.69, 9.17) is 0 Å². The van der Waals surface area contributed by atoms with Gasteiger partial charge in [0.1, 0.15) is 0 Å². The van der Waals surface area contributed by atoms with E-state index in [9.17, 15) is 13.2 Å². The largest absolute Gasteiger partial charge is 0.352 e. The van der Waals surface area contributed by atoms with Gasteiger partial charge in [0.05, 0.1) is 4.90 Å². The zero-order valence-electron chi connectivity index (χ0n) is 18.3. The van der Waals surface area contributed by atoms with Crippen molar-refractivity contribution in [1.29, 1.82) is 0 Å². The number of hydrogen-bond donors (Lipinski definition) is 1. The molecule has 0 unspecified atom stereocenters. The van der Waals surface area contributed by atoms with Crippen LogP contribution < -0.4 is 5.32 Å². The van der Waals surface area contributed by atoms with E-state index >= 15 is 0 Å². The second-order valence-corrected chi connectivity index (χ2v) is 10.7. The van der Waals surface area contributed by atoms with Gasteiger partial charge in [0, 0.05) is 51.4 Å². The number of nitrogens with zero attached hydrogens (tertiary/aromatic N) is 3. The molecule has 2 aliphatic rings. The summed E-state index contributed by atoms with van der Waals surface area (Å²) < 4.78 is 27.1. The maximum absolute atomic E-state index is 12.8. The van der Waals surface area contributed by atoms with E-state index < -0.39 is 10.0 Å². The number of nitrogens with one attached hydrogen (secondary N) is 1. The maximum Gasteiger partial charge on any atom is 0.251 e. The van der Waals surface area contributed by atoms with Crippen molar-refractivity contribution < 1.29 is 13.2 Å². The van der Waals surface area contributed by atoms with Crippen molar-refractivity contribution in [2.75, 3.05) is 59.4 Å². The molecule has 8 heteroatoms. The first kappa shape index (κ1) is 23.2. The van der Waals surface area contributed by atoms with Crippen molar-refractivity contribution in [1.82, 2.24) is 19.4 Å². The maximum atomic E-state index is 12.8. The Bertz CT molecular complexity index is 781. The zero-order valence-corrected chi connectivity index (χ0v) is 19.2. The Morgan fingerprint density at radius 1 is 1.00 bits per heavy atom. The summed E-state index contributed by atoms with van der Waals surface area (Å²) in [6, 6.07) is 6.32. The van der Waals surface area contributed by atoms with Crippen LogP contribution in [0.3, 0.4) is 0 Å². The highest BCUT2D eigenvalue weighted by atomic mass is 32.2. The topological polar surface area (TPSA) is 73.0 Å². The lowest BCUT2D eigenvalue weighted by Crippen LogP contribution is -2.44. The summed E-state index contributed by atoms with van der Waals surface area (Å²) in [5.41, 5.74) is 0.500. The molecule has 0 aromatic heterocycles. The number of piperazine rings is 1. The summed E-state index contributed by atoms with van der Waals surface area (Å²) in [6.45, 7) is 9.50. The van der Waals surface area contributed by atoms with Crippen LogP contribution in [0, 0.1) is 5.92 Å². The molecule has 0 saturated carbocycles. The summed E-state index contributed by atoms with van der Waals surface area (Å²) in [5, 5.41) is 2.94. The predicted molar refractivity (Wildman–Crippen MR) is 119 cm³/mol. The average molecular weight is 437 g/mol. The second-order valence-electron chi connectivity index (χ2n) is 8.72. The Labute approximate surface area is 181 Å². The number of rotatable bonds is 8. The Hall–Kier alpha value is -1.48. The third-order valence-corrected chi connectivity index (χ3v) is 8.19. The number of likely N-dealkylation sites (N-methyl/N-ethyl adjacent to an activating group) is 1. The molecule has 2 heterocycles. The summed E-state index contributed by atoms with van der Waals surface area (Å²) in [4.78, 5) is 17.4. The molecular weight excluding hydrogens is 400 g/mol. The Balaban J connectivity index is 1.41. The highest BCUT2D eigenvalue weighted by molar-refractivity contribution is 7.89. The smallest absolute Gasteiger partial charge is 0.251 e. The minimum absolute atomic E-state index is 0.148. The van der Waals surface area contributed by atoms with Crippen LogP contribution in [0.15, 0.2) is 29.2 Å². The summed E-state index contributed by atoms with van der Waals surface area (Å²) in [6.07, 6.45) is 3.80. The van der Waals surface area contributed by atoms with Crippen LogP contribution in [0.25, 0.3) is 0 Å². The fraction of sp³-hybridized carbons (Fsp3) is 0.682. The molecule has 1 N–H and O–H groups in total. The van der Waals surface area contributed by atoms with Crippen LogP contribution in [0.1, 0.15) is 43.0 Å². The van der Waals surface area contributed by atoms with E-state index in [1.54, 1.807) is 28.6 Å². The van der Waals surface area contributed by atoms with Gasteiger partial charge in [-0.15, -0.1) is 0 Å². The normalized spacial score (nSPS) is 20.3. The molecule has 30 heavy (non-hydrogen) atoms. The highest BCUT2D eigenvalue weighted by Gasteiger charge is 2.28. The SMILES string of the molecule is CC1CCN(S(=O)(=O)c2ccc(C(=O)NCCCCN3CCN(C)CC3)cc2)CC1. The molecule has 168 valence electrons. The number of hydrogen-bond acceptors (Lipinski definition) is 5. The van der Waals surface area contributed by atoms with Gasteiger partial charge < -0.3 is 15.1 Å². The van der Waals surface area contributed by atoms with E-state index in [1.807, 2.05) is 0 Å². The second kappa shape index (κ2) is 10.7. The number of unbranched alkanes of at least 4 members (excludes halogenated alkanes) is 1. The van der Waals surface area contributed by atoms with Gasteiger partial charge in [0.15, 0.2) is 0 Å². The Morgan fingerprint density at radius 2 is 1.63 bits per heavy atom. The van der Waals surface area contributed by atoms with Crippen LogP contribution >= 0.6 is 0 Å². The minimum Gasteiger partial charge on any atom is -0.352 e. The van der Waals surface area contributed by atoms with Crippen LogP contribution in [0.5, 0.6) is 0 Å². The monoisotopic (exact) mass is 436 g/mol. The summed E-state index contributed by atoms with van der Waals surface area (Å²) in [5.74, 6) is 0.425. The van der Waals surface area contributed by atoms with Crippen molar-refractivity contribution in [2.45, 2.75) is 37.5 Å². The molecule has 1 aromatic rings. The van der Waals surface area contributed by atoms with Crippen molar-refractivity contribution in [3.05, 3.63) is 29.8 Å². The number of carbonyl (C=O) groups excluding carboxylic acids is 1. The van der Waals surface area contributed by atoms with E-state index in [0.29, 0.717) is 31.1 Å². The molecule has 3 rings (SSSR count). The van der Waals surface area contributed by atoms with E-state index in [2.05, 4.69) is 29.1 Å². The van der Waals surface area contributed by atoms with Crippen molar-refractivity contribution >= 4 is 15.9 Å². The lowest BCUT2D eigenvalue weighted by Gasteiger charge is -2.32. The highest BCUT2D eigenvalue weighted by Crippen LogP contribution is 2.23. The number of piperidine rings is 1. The molecule has 2 fully saturated rings. The first-order valence-electron chi connectivity index (χ1n) is 11.2.